The summed E-state index contributed by atoms with van der Waals surface area (Å²) in [5.74, 6) is -0.783. The van der Waals surface area contributed by atoms with E-state index in [-0.39, 0.29) is 13.2 Å². The molecule has 3 rings (SSSR count). The Morgan fingerprint density at radius 1 is 1.11 bits per heavy atom. The van der Waals surface area contributed by atoms with E-state index in [2.05, 4.69) is 21.4 Å². The number of rotatable bonds is 4. The standard InChI is InChI=1S/C19H19BrN2O5/c1-19(2,3)27-18(25)21-26-10-9-22-16(23)12-6-4-5-11-14(20)8-7-13(15(11)12)17(22)24/h4-8H,9-10H2,1-3H3,(H,21,25). The summed E-state index contributed by atoms with van der Waals surface area (Å²) in [7, 11) is 0. The van der Waals surface area contributed by atoms with E-state index < -0.39 is 23.5 Å². The molecule has 0 aliphatic carbocycles. The maximum absolute atomic E-state index is 12.8. The number of amides is 3. The van der Waals surface area contributed by atoms with Gasteiger partial charge in [-0.05, 0) is 44.4 Å². The molecule has 2 aromatic carbocycles. The minimum atomic E-state index is -0.737. The molecule has 0 fully saturated rings. The molecule has 1 heterocycles. The number of ether oxygens (including phenoxy) is 1. The third-order valence-electron chi connectivity index (χ3n) is 3.91. The van der Waals surface area contributed by atoms with E-state index in [9.17, 15) is 14.4 Å². The van der Waals surface area contributed by atoms with Gasteiger partial charge in [0.25, 0.3) is 11.8 Å². The molecule has 0 saturated heterocycles. The van der Waals surface area contributed by atoms with Gasteiger partial charge in [-0.2, -0.15) is 5.48 Å². The number of nitrogens with one attached hydrogen (secondary N) is 1. The lowest BCUT2D eigenvalue weighted by Crippen LogP contribution is -2.43. The first-order valence-electron chi connectivity index (χ1n) is 8.37. The van der Waals surface area contributed by atoms with Crippen molar-refractivity contribution in [3.8, 4) is 0 Å². The number of hydrogen-bond donors (Lipinski definition) is 1. The van der Waals surface area contributed by atoms with Gasteiger partial charge in [-0.3, -0.25) is 19.3 Å². The summed E-state index contributed by atoms with van der Waals surface area (Å²) in [5, 5.41) is 1.46. The van der Waals surface area contributed by atoms with Crippen LogP contribution in [0.2, 0.25) is 0 Å². The fraction of sp³-hybridized carbons (Fsp3) is 0.316. The lowest BCUT2D eigenvalue weighted by atomic mass is 9.94. The Morgan fingerprint density at radius 2 is 1.78 bits per heavy atom. The largest absolute Gasteiger partial charge is 0.442 e. The summed E-state index contributed by atoms with van der Waals surface area (Å²) in [6.45, 7) is 5.13. The summed E-state index contributed by atoms with van der Waals surface area (Å²) < 4.78 is 5.86. The number of nitrogens with zero attached hydrogens (tertiary/aromatic N) is 1. The van der Waals surface area contributed by atoms with Crippen LogP contribution in [-0.2, 0) is 9.57 Å². The third-order valence-corrected chi connectivity index (χ3v) is 4.60. The van der Waals surface area contributed by atoms with Crippen LogP contribution in [0.1, 0.15) is 41.5 Å². The molecule has 0 atom stereocenters. The summed E-state index contributed by atoms with van der Waals surface area (Å²) in [5.41, 5.74) is 2.41. The molecule has 1 N–H and O–H groups in total. The number of hydrogen-bond acceptors (Lipinski definition) is 5. The molecule has 1 aliphatic rings. The maximum atomic E-state index is 12.8. The van der Waals surface area contributed by atoms with Crippen molar-refractivity contribution in [1.29, 1.82) is 0 Å². The van der Waals surface area contributed by atoms with Gasteiger partial charge in [0.1, 0.15) is 5.60 Å². The van der Waals surface area contributed by atoms with Gasteiger partial charge in [-0.1, -0.05) is 28.1 Å². The van der Waals surface area contributed by atoms with Gasteiger partial charge >= 0.3 is 6.09 Å². The van der Waals surface area contributed by atoms with Crippen molar-refractivity contribution in [3.05, 3.63) is 45.9 Å². The van der Waals surface area contributed by atoms with E-state index >= 15 is 0 Å². The van der Waals surface area contributed by atoms with Gasteiger partial charge in [0.2, 0.25) is 0 Å². The van der Waals surface area contributed by atoms with E-state index in [1.165, 1.54) is 0 Å². The zero-order valence-electron chi connectivity index (χ0n) is 15.2. The molecule has 7 nitrogen and oxygen atoms in total. The van der Waals surface area contributed by atoms with Crippen LogP contribution in [-0.4, -0.2) is 41.6 Å². The molecule has 2 aromatic rings. The second-order valence-corrected chi connectivity index (χ2v) is 7.89. The maximum Gasteiger partial charge on any atom is 0.431 e. The van der Waals surface area contributed by atoms with Crippen molar-refractivity contribution >= 4 is 44.6 Å². The molecule has 3 amide bonds. The van der Waals surface area contributed by atoms with E-state index in [1.54, 1.807) is 45.0 Å². The Morgan fingerprint density at radius 3 is 2.44 bits per heavy atom. The second-order valence-electron chi connectivity index (χ2n) is 7.04. The minimum Gasteiger partial charge on any atom is -0.442 e. The zero-order chi connectivity index (χ0) is 19.8. The highest BCUT2D eigenvalue weighted by Crippen LogP contribution is 2.34. The highest BCUT2D eigenvalue weighted by atomic mass is 79.9. The van der Waals surface area contributed by atoms with Crippen LogP contribution in [0.3, 0.4) is 0 Å². The van der Waals surface area contributed by atoms with Gasteiger partial charge in [0.05, 0.1) is 13.2 Å². The molecule has 0 bridgehead atoms. The molecule has 0 aromatic heterocycles. The summed E-state index contributed by atoms with van der Waals surface area (Å²) in [4.78, 5) is 43.2. The highest BCUT2D eigenvalue weighted by molar-refractivity contribution is 9.10. The number of benzene rings is 2. The molecule has 8 heteroatoms. The smallest absolute Gasteiger partial charge is 0.431 e. The van der Waals surface area contributed by atoms with Crippen LogP contribution in [0.15, 0.2) is 34.8 Å². The van der Waals surface area contributed by atoms with Crippen LogP contribution in [0.5, 0.6) is 0 Å². The minimum absolute atomic E-state index is 0.000639. The SMILES string of the molecule is CC(C)(C)OC(=O)NOCCN1C(=O)c2cccc3c(Br)ccc(c23)C1=O. The molecule has 0 unspecified atom stereocenters. The van der Waals surface area contributed by atoms with Crippen molar-refractivity contribution < 1.29 is 24.0 Å². The molecule has 27 heavy (non-hydrogen) atoms. The Balaban J connectivity index is 1.70. The van der Waals surface area contributed by atoms with Crippen LogP contribution in [0.4, 0.5) is 4.79 Å². The number of carbonyl (C=O) groups excluding carboxylic acids is 3. The van der Waals surface area contributed by atoms with Crippen LogP contribution in [0.25, 0.3) is 10.8 Å². The lowest BCUT2D eigenvalue weighted by molar-refractivity contribution is -0.0110. The zero-order valence-corrected chi connectivity index (χ0v) is 16.8. The summed E-state index contributed by atoms with van der Waals surface area (Å²) in [6.07, 6.45) is -0.737. The van der Waals surface area contributed by atoms with E-state index in [0.717, 1.165) is 14.8 Å². The average Bonchev–Trinajstić information content (AvgIpc) is 2.58. The van der Waals surface area contributed by atoms with E-state index in [1.807, 2.05) is 6.07 Å². The molecule has 1 aliphatic heterocycles. The van der Waals surface area contributed by atoms with Gasteiger partial charge in [-0.15, -0.1) is 0 Å². The topological polar surface area (TPSA) is 84.9 Å². The van der Waals surface area contributed by atoms with E-state index in [0.29, 0.717) is 16.5 Å². The van der Waals surface area contributed by atoms with Gasteiger partial charge < -0.3 is 4.74 Å². The molecule has 0 radical (unpaired) electrons. The van der Waals surface area contributed by atoms with Crippen molar-refractivity contribution in [2.75, 3.05) is 13.2 Å². The van der Waals surface area contributed by atoms with Gasteiger partial charge in [0.15, 0.2) is 0 Å². The van der Waals surface area contributed by atoms with Crippen molar-refractivity contribution in [2.24, 2.45) is 0 Å². The quantitative estimate of drug-likeness (QED) is 0.450. The molecule has 0 spiro atoms. The number of carbonyl (C=O) groups is 3. The van der Waals surface area contributed by atoms with Gasteiger partial charge in [-0.25, -0.2) is 4.79 Å². The van der Waals surface area contributed by atoms with Crippen LogP contribution >= 0.6 is 15.9 Å². The van der Waals surface area contributed by atoms with Crippen LogP contribution < -0.4 is 5.48 Å². The first kappa shape index (κ1) is 19.3. The number of halogens is 1. The fourth-order valence-corrected chi connectivity index (χ4v) is 3.32. The summed E-state index contributed by atoms with van der Waals surface area (Å²) in [6, 6.07) is 8.81. The van der Waals surface area contributed by atoms with Crippen LogP contribution in [0, 0.1) is 0 Å². The predicted octanol–water partition coefficient (Wildman–Crippen LogP) is 3.65. The average molecular weight is 435 g/mol. The van der Waals surface area contributed by atoms with Crippen molar-refractivity contribution in [1.82, 2.24) is 10.4 Å². The first-order chi connectivity index (χ1) is 12.7. The Labute approximate surface area is 164 Å². The first-order valence-corrected chi connectivity index (χ1v) is 9.16. The molecular weight excluding hydrogens is 416 g/mol. The Hall–Kier alpha value is -2.45. The normalized spacial score (nSPS) is 13.9. The molecule has 142 valence electrons. The molecular formula is C19H19BrN2O5. The summed E-state index contributed by atoms with van der Waals surface area (Å²) >= 11 is 3.45. The second kappa shape index (κ2) is 7.28. The number of imide groups is 1. The highest BCUT2D eigenvalue weighted by Gasteiger charge is 2.32. The third kappa shape index (κ3) is 3.96. The lowest BCUT2D eigenvalue weighted by Gasteiger charge is -2.27. The van der Waals surface area contributed by atoms with Crippen molar-refractivity contribution in [3.63, 3.8) is 0 Å². The van der Waals surface area contributed by atoms with Crippen molar-refractivity contribution in [2.45, 2.75) is 26.4 Å². The predicted molar refractivity (Wildman–Crippen MR) is 102 cm³/mol. The molecule has 0 saturated carbocycles. The Kier molecular flexibility index (Phi) is 5.21. The Bertz CT molecular complexity index is 913. The fourth-order valence-electron chi connectivity index (χ4n) is 2.86. The number of hydroxylamine groups is 1. The van der Waals surface area contributed by atoms with E-state index in [4.69, 9.17) is 9.57 Å². The van der Waals surface area contributed by atoms with Gasteiger partial charge in [0, 0.05) is 21.0 Å². The monoisotopic (exact) mass is 434 g/mol.